The quantitative estimate of drug-likeness (QED) is 0.605. The van der Waals surface area contributed by atoms with Gasteiger partial charge in [-0.2, -0.15) is 0 Å². The molecule has 1 aliphatic rings. The van der Waals surface area contributed by atoms with E-state index in [4.69, 9.17) is 4.52 Å². The summed E-state index contributed by atoms with van der Waals surface area (Å²) < 4.78 is 5.36. The topological polar surface area (TPSA) is 49.6 Å². The largest absolute Gasteiger partial charge is 0.361 e. The summed E-state index contributed by atoms with van der Waals surface area (Å²) in [5.41, 5.74) is 3.28. The molecule has 1 aliphatic heterocycles. The van der Waals surface area contributed by atoms with E-state index in [1.54, 1.807) is 0 Å². The summed E-state index contributed by atoms with van der Waals surface area (Å²) in [6, 6.07) is 10.5. The second-order valence-electron chi connectivity index (χ2n) is 9.08. The molecule has 3 rings (SSSR count). The van der Waals surface area contributed by atoms with Crippen molar-refractivity contribution in [2.75, 3.05) is 32.7 Å². The molecule has 0 unspecified atom stereocenters. The van der Waals surface area contributed by atoms with Crippen LogP contribution in [0.3, 0.4) is 0 Å². The van der Waals surface area contributed by atoms with Crippen LogP contribution in [0.1, 0.15) is 61.0 Å². The van der Waals surface area contributed by atoms with Gasteiger partial charge in [0, 0.05) is 32.1 Å². The number of hydrogen-bond acceptors (Lipinski definition) is 4. The Labute approximate surface area is 181 Å². The molecule has 0 spiro atoms. The van der Waals surface area contributed by atoms with Crippen molar-refractivity contribution in [2.24, 2.45) is 11.8 Å². The number of benzene rings is 1. The molecule has 2 aromatic rings. The third-order valence-electron chi connectivity index (χ3n) is 6.20. The van der Waals surface area contributed by atoms with Crippen LogP contribution in [0.25, 0.3) is 0 Å². The van der Waals surface area contributed by atoms with Gasteiger partial charge in [-0.25, -0.2) is 0 Å². The number of amides is 1. The Balaban J connectivity index is 1.46. The monoisotopic (exact) mass is 411 g/mol. The first-order valence-corrected chi connectivity index (χ1v) is 11.5. The highest BCUT2D eigenvalue weighted by molar-refractivity contribution is 5.92. The average Bonchev–Trinajstić information content (AvgIpc) is 3.19. The van der Waals surface area contributed by atoms with Gasteiger partial charge in [0.05, 0.1) is 0 Å². The van der Waals surface area contributed by atoms with E-state index in [-0.39, 0.29) is 5.91 Å². The van der Waals surface area contributed by atoms with Crippen molar-refractivity contribution < 1.29 is 9.32 Å². The third kappa shape index (κ3) is 6.18. The Morgan fingerprint density at radius 3 is 2.67 bits per heavy atom. The van der Waals surface area contributed by atoms with Gasteiger partial charge in [0.1, 0.15) is 5.76 Å². The molecule has 0 radical (unpaired) electrons. The zero-order valence-corrected chi connectivity index (χ0v) is 19.1. The van der Waals surface area contributed by atoms with Crippen molar-refractivity contribution in [1.29, 1.82) is 0 Å². The van der Waals surface area contributed by atoms with Crippen LogP contribution in [0.5, 0.6) is 0 Å². The average molecular weight is 412 g/mol. The van der Waals surface area contributed by atoms with Crippen molar-refractivity contribution >= 4 is 5.91 Å². The second kappa shape index (κ2) is 10.8. The molecular formula is C25H37N3O2. The maximum Gasteiger partial charge on any atom is 0.276 e. The van der Waals surface area contributed by atoms with Crippen molar-refractivity contribution in [2.45, 2.75) is 53.4 Å². The number of nitrogens with zero attached hydrogens (tertiary/aromatic N) is 3. The van der Waals surface area contributed by atoms with Crippen LogP contribution in [0.2, 0.25) is 0 Å². The van der Waals surface area contributed by atoms with E-state index in [0.29, 0.717) is 24.1 Å². The van der Waals surface area contributed by atoms with Gasteiger partial charge < -0.3 is 14.3 Å². The highest BCUT2D eigenvalue weighted by Gasteiger charge is 2.25. The van der Waals surface area contributed by atoms with E-state index >= 15 is 0 Å². The molecule has 1 fully saturated rings. The fourth-order valence-corrected chi connectivity index (χ4v) is 4.30. The smallest absolute Gasteiger partial charge is 0.276 e. The van der Waals surface area contributed by atoms with E-state index in [1.165, 1.54) is 11.1 Å². The molecule has 0 saturated carbocycles. The molecule has 5 heteroatoms. The standard InChI is InChI=1S/C25H37N3O2/c1-5-28(25(29)24-17-23(30-26-24)16-19(2)3)18-21-10-13-27(14-11-21)15-12-22-9-7-6-8-20(22)4/h6-9,17,19,21H,5,10-16,18H2,1-4H3. The van der Waals surface area contributed by atoms with Gasteiger partial charge in [0.15, 0.2) is 5.69 Å². The fourth-order valence-electron chi connectivity index (χ4n) is 4.30. The molecule has 0 bridgehead atoms. The lowest BCUT2D eigenvalue weighted by Crippen LogP contribution is -2.41. The van der Waals surface area contributed by atoms with Crippen LogP contribution in [-0.4, -0.2) is 53.6 Å². The number of aromatic nitrogens is 1. The molecule has 1 aromatic carbocycles. The third-order valence-corrected chi connectivity index (χ3v) is 6.20. The van der Waals surface area contributed by atoms with E-state index < -0.39 is 0 Å². The minimum atomic E-state index is -0.00163. The molecule has 5 nitrogen and oxygen atoms in total. The summed E-state index contributed by atoms with van der Waals surface area (Å²) in [6.45, 7) is 13.4. The lowest BCUT2D eigenvalue weighted by atomic mass is 9.95. The van der Waals surface area contributed by atoms with Gasteiger partial charge in [-0.05, 0) is 69.2 Å². The number of aryl methyl sites for hydroxylation is 1. The van der Waals surface area contributed by atoms with E-state index in [0.717, 1.165) is 57.6 Å². The summed E-state index contributed by atoms with van der Waals surface area (Å²) in [5.74, 6) is 1.84. The fraction of sp³-hybridized carbons (Fsp3) is 0.600. The highest BCUT2D eigenvalue weighted by atomic mass is 16.5. The highest BCUT2D eigenvalue weighted by Crippen LogP contribution is 2.20. The summed E-state index contributed by atoms with van der Waals surface area (Å²) in [7, 11) is 0. The number of likely N-dealkylation sites (tertiary alicyclic amines) is 1. The van der Waals surface area contributed by atoms with E-state index in [9.17, 15) is 4.79 Å². The Morgan fingerprint density at radius 1 is 1.27 bits per heavy atom. The van der Waals surface area contributed by atoms with Crippen molar-refractivity contribution in [1.82, 2.24) is 15.0 Å². The molecule has 1 saturated heterocycles. The van der Waals surface area contributed by atoms with Crippen molar-refractivity contribution in [3.8, 4) is 0 Å². The normalized spacial score (nSPS) is 15.6. The molecule has 0 atom stereocenters. The minimum Gasteiger partial charge on any atom is -0.361 e. The van der Waals surface area contributed by atoms with Gasteiger partial charge in [-0.1, -0.05) is 43.3 Å². The van der Waals surface area contributed by atoms with Crippen LogP contribution in [0, 0.1) is 18.8 Å². The first-order chi connectivity index (χ1) is 14.5. The zero-order valence-electron chi connectivity index (χ0n) is 19.1. The van der Waals surface area contributed by atoms with Gasteiger partial charge in [0.2, 0.25) is 0 Å². The lowest BCUT2D eigenvalue weighted by Gasteiger charge is -2.34. The lowest BCUT2D eigenvalue weighted by molar-refractivity contribution is 0.0691. The van der Waals surface area contributed by atoms with Crippen LogP contribution in [0.15, 0.2) is 34.9 Å². The number of carbonyl (C=O) groups excluding carboxylic acids is 1. The van der Waals surface area contributed by atoms with Crippen LogP contribution >= 0.6 is 0 Å². The minimum absolute atomic E-state index is 0.00163. The molecule has 0 N–H and O–H groups in total. The first kappa shape index (κ1) is 22.5. The van der Waals surface area contributed by atoms with Gasteiger partial charge in [0.25, 0.3) is 5.91 Å². The Kier molecular flexibility index (Phi) is 8.08. The predicted molar refractivity (Wildman–Crippen MR) is 121 cm³/mol. The molecule has 30 heavy (non-hydrogen) atoms. The summed E-state index contributed by atoms with van der Waals surface area (Å²) in [4.78, 5) is 17.4. The molecular weight excluding hydrogens is 374 g/mol. The number of hydrogen-bond donors (Lipinski definition) is 0. The molecule has 1 amide bonds. The summed E-state index contributed by atoms with van der Waals surface area (Å²) >= 11 is 0. The van der Waals surface area contributed by atoms with Crippen LogP contribution in [0.4, 0.5) is 0 Å². The molecule has 164 valence electrons. The zero-order chi connectivity index (χ0) is 21.5. The van der Waals surface area contributed by atoms with Gasteiger partial charge in [-0.15, -0.1) is 0 Å². The molecule has 1 aromatic heterocycles. The summed E-state index contributed by atoms with van der Waals surface area (Å²) in [6.07, 6.45) is 4.22. The SMILES string of the molecule is CCN(CC1CCN(CCc2ccccc2C)CC1)C(=O)c1cc(CC(C)C)on1. The Hall–Kier alpha value is -2.14. The Bertz CT molecular complexity index is 806. The maximum absolute atomic E-state index is 12.9. The second-order valence-corrected chi connectivity index (χ2v) is 9.08. The first-order valence-electron chi connectivity index (χ1n) is 11.5. The number of rotatable bonds is 9. The molecule has 0 aliphatic carbocycles. The van der Waals surface area contributed by atoms with Gasteiger partial charge in [-0.3, -0.25) is 4.79 Å². The summed E-state index contributed by atoms with van der Waals surface area (Å²) in [5, 5.41) is 4.03. The van der Waals surface area contributed by atoms with Gasteiger partial charge >= 0.3 is 0 Å². The maximum atomic E-state index is 12.9. The van der Waals surface area contributed by atoms with Crippen molar-refractivity contribution in [3.05, 3.63) is 52.9 Å². The number of carbonyl (C=O) groups is 1. The van der Waals surface area contributed by atoms with Crippen LogP contribution < -0.4 is 0 Å². The van der Waals surface area contributed by atoms with E-state index in [2.05, 4.69) is 55.1 Å². The van der Waals surface area contributed by atoms with E-state index in [1.807, 2.05) is 17.9 Å². The number of piperidine rings is 1. The molecule has 2 heterocycles. The predicted octanol–water partition coefficient (Wildman–Crippen LogP) is 4.60. The Morgan fingerprint density at radius 2 is 2.00 bits per heavy atom. The van der Waals surface area contributed by atoms with Crippen molar-refractivity contribution in [3.63, 3.8) is 0 Å². The van der Waals surface area contributed by atoms with Crippen LogP contribution in [-0.2, 0) is 12.8 Å².